The van der Waals surface area contributed by atoms with Gasteiger partial charge in [0.05, 0.1) is 6.10 Å². The average Bonchev–Trinajstić information content (AvgIpc) is 2.62. The van der Waals surface area contributed by atoms with Crippen LogP contribution in [-0.2, 0) is 0 Å². The maximum absolute atomic E-state index is 10.5. The monoisotopic (exact) mass is 371 g/mol. The molecule has 7 unspecified atom stereocenters. The van der Waals surface area contributed by atoms with Crippen molar-refractivity contribution in [2.75, 3.05) is 26.2 Å². The van der Waals surface area contributed by atoms with E-state index in [1.54, 1.807) is 0 Å². The SMILES string of the molecule is CCN(CC)CC1CC(NC2CCNC3CC(Cl)CCC32)CCC1O. The van der Waals surface area contributed by atoms with Crippen LogP contribution in [0.5, 0.6) is 0 Å². The van der Waals surface area contributed by atoms with Crippen LogP contribution in [-0.4, -0.2) is 65.8 Å². The lowest BCUT2D eigenvalue weighted by molar-refractivity contribution is 0.0306. The standard InChI is InChI=1S/C20H38ClN3O/c1-3-24(4-2)13-14-11-16(6-8-20(14)25)23-18-9-10-22-19-12-15(21)5-7-17(18)19/h14-20,22-23,25H,3-13H2,1-2H3. The number of nitrogens with one attached hydrogen (secondary N) is 2. The van der Waals surface area contributed by atoms with Crippen LogP contribution in [0.2, 0.25) is 0 Å². The predicted octanol–water partition coefficient (Wildman–Crippen LogP) is 2.59. The first-order valence-corrected chi connectivity index (χ1v) is 11.1. The molecule has 0 radical (unpaired) electrons. The summed E-state index contributed by atoms with van der Waals surface area (Å²) in [5.74, 6) is 1.15. The van der Waals surface area contributed by atoms with Gasteiger partial charge in [0.15, 0.2) is 0 Å². The van der Waals surface area contributed by atoms with E-state index in [1.807, 2.05) is 0 Å². The minimum absolute atomic E-state index is 0.119. The highest BCUT2D eigenvalue weighted by molar-refractivity contribution is 6.20. The van der Waals surface area contributed by atoms with Crippen molar-refractivity contribution >= 4 is 11.6 Å². The smallest absolute Gasteiger partial charge is 0.0581 e. The zero-order valence-corrected chi connectivity index (χ0v) is 16.8. The van der Waals surface area contributed by atoms with Crippen LogP contribution in [0.3, 0.4) is 0 Å². The maximum Gasteiger partial charge on any atom is 0.0581 e. The van der Waals surface area contributed by atoms with Crippen molar-refractivity contribution < 1.29 is 5.11 Å². The van der Waals surface area contributed by atoms with Gasteiger partial charge in [0.1, 0.15) is 0 Å². The van der Waals surface area contributed by atoms with Crippen molar-refractivity contribution in [2.45, 2.75) is 88.4 Å². The fourth-order valence-corrected chi connectivity index (χ4v) is 5.73. The molecule has 3 rings (SSSR count). The molecule has 2 aliphatic carbocycles. The highest BCUT2D eigenvalue weighted by Gasteiger charge is 2.39. The van der Waals surface area contributed by atoms with E-state index >= 15 is 0 Å². The summed E-state index contributed by atoms with van der Waals surface area (Å²) in [6, 6.07) is 1.80. The minimum Gasteiger partial charge on any atom is -0.393 e. The van der Waals surface area contributed by atoms with Crippen molar-refractivity contribution in [1.29, 1.82) is 0 Å². The van der Waals surface area contributed by atoms with Gasteiger partial charge in [-0.25, -0.2) is 0 Å². The molecule has 0 aromatic rings. The molecule has 2 saturated carbocycles. The molecule has 0 aromatic heterocycles. The first kappa shape index (κ1) is 19.9. The fraction of sp³-hybridized carbons (Fsp3) is 1.00. The quantitative estimate of drug-likeness (QED) is 0.628. The van der Waals surface area contributed by atoms with Gasteiger partial charge in [-0.3, -0.25) is 0 Å². The summed E-state index contributed by atoms with van der Waals surface area (Å²) in [4.78, 5) is 2.46. The van der Waals surface area contributed by atoms with E-state index in [2.05, 4.69) is 29.4 Å². The van der Waals surface area contributed by atoms with Crippen LogP contribution in [0.25, 0.3) is 0 Å². The molecule has 1 heterocycles. The molecule has 0 amide bonds. The fourth-order valence-electron chi connectivity index (χ4n) is 5.42. The summed E-state index contributed by atoms with van der Waals surface area (Å²) in [5.41, 5.74) is 0. The zero-order valence-electron chi connectivity index (χ0n) is 16.1. The van der Waals surface area contributed by atoms with E-state index in [4.69, 9.17) is 11.6 Å². The van der Waals surface area contributed by atoms with E-state index in [0.717, 1.165) is 64.2 Å². The van der Waals surface area contributed by atoms with E-state index in [1.165, 1.54) is 12.8 Å². The second kappa shape index (κ2) is 9.36. The van der Waals surface area contributed by atoms with E-state index in [9.17, 15) is 5.11 Å². The summed E-state index contributed by atoms with van der Waals surface area (Å²) in [5, 5.41) is 18.6. The Morgan fingerprint density at radius 2 is 1.88 bits per heavy atom. The van der Waals surface area contributed by atoms with Crippen molar-refractivity contribution in [3.8, 4) is 0 Å². The largest absolute Gasteiger partial charge is 0.393 e. The lowest BCUT2D eigenvalue weighted by Gasteiger charge is -2.46. The van der Waals surface area contributed by atoms with Gasteiger partial charge in [-0.05, 0) is 76.4 Å². The van der Waals surface area contributed by atoms with Crippen LogP contribution >= 0.6 is 11.6 Å². The summed E-state index contributed by atoms with van der Waals surface area (Å²) < 4.78 is 0. The Labute approximate surface area is 159 Å². The third-order valence-corrected chi connectivity index (χ3v) is 7.39. The molecule has 3 aliphatic rings. The highest BCUT2D eigenvalue weighted by Crippen LogP contribution is 2.35. The molecule has 3 N–H and O–H groups in total. The Hall–Kier alpha value is 0.130. The average molecular weight is 372 g/mol. The topological polar surface area (TPSA) is 47.5 Å². The highest BCUT2D eigenvalue weighted by atomic mass is 35.5. The van der Waals surface area contributed by atoms with Crippen LogP contribution in [0.15, 0.2) is 0 Å². The number of hydrogen-bond donors (Lipinski definition) is 3. The maximum atomic E-state index is 10.5. The summed E-state index contributed by atoms with van der Waals surface area (Å²) >= 11 is 6.39. The molecule has 0 bridgehead atoms. The molecule has 1 aliphatic heterocycles. The second-order valence-electron chi connectivity index (χ2n) is 8.52. The number of aliphatic hydroxyl groups excluding tert-OH is 1. The van der Waals surface area contributed by atoms with Crippen molar-refractivity contribution in [3.63, 3.8) is 0 Å². The zero-order chi connectivity index (χ0) is 17.8. The number of piperidine rings is 1. The third-order valence-electron chi connectivity index (χ3n) is 7.00. The Morgan fingerprint density at radius 1 is 1.08 bits per heavy atom. The summed E-state index contributed by atoms with van der Waals surface area (Å²) in [6.45, 7) is 8.75. The number of rotatable bonds is 6. The number of nitrogens with zero attached hydrogens (tertiary/aromatic N) is 1. The number of aliphatic hydroxyl groups is 1. The molecule has 146 valence electrons. The lowest BCUT2D eigenvalue weighted by Crippen LogP contribution is -2.58. The Kier molecular flexibility index (Phi) is 7.45. The van der Waals surface area contributed by atoms with E-state index < -0.39 is 0 Å². The van der Waals surface area contributed by atoms with Crippen molar-refractivity contribution in [2.24, 2.45) is 11.8 Å². The predicted molar refractivity (Wildman–Crippen MR) is 105 cm³/mol. The van der Waals surface area contributed by atoms with Crippen LogP contribution in [0.4, 0.5) is 0 Å². The third kappa shape index (κ3) is 5.10. The molecule has 0 aromatic carbocycles. The summed E-state index contributed by atoms with van der Waals surface area (Å²) in [7, 11) is 0. The molecule has 1 saturated heterocycles. The number of fused-ring (bicyclic) bond motifs is 1. The van der Waals surface area contributed by atoms with Crippen molar-refractivity contribution in [1.82, 2.24) is 15.5 Å². The first-order chi connectivity index (χ1) is 12.1. The second-order valence-corrected chi connectivity index (χ2v) is 9.14. The molecular weight excluding hydrogens is 334 g/mol. The number of hydrogen-bond acceptors (Lipinski definition) is 4. The van der Waals surface area contributed by atoms with Gasteiger partial charge >= 0.3 is 0 Å². The van der Waals surface area contributed by atoms with Gasteiger partial charge in [-0.15, -0.1) is 11.6 Å². The Morgan fingerprint density at radius 3 is 2.64 bits per heavy atom. The normalized spacial score (nSPS) is 42.4. The molecular formula is C20H38ClN3O. The number of halogens is 1. The molecule has 3 fully saturated rings. The number of alkyl halides is 1. The van der Waals surface area contributed by atoms with Gasteiger partial charge in [-0.2, -0.15) is 0 Å². The summed E-state index contributed by atoms with van der Waals surface area (Å²) in [6.07, 6.45) is 7.84. The van der Waals surface area contributed by atoms with E-state index in [-0.39, 0.29) is 6.10 Å². The lowest BCUT2D eigenvalue weighted by atomic mass is 9.75. The molecule has 5 heteroatoms. The van der Waals surface area contributed by atoms with Gasteiger partial charge < -0.3 is 20.6 Å². The van der Waals surface area contributed by atoms with Crippen LogP contribution in [0.1, 0.15) is 58.8 Å². The molecule has 25 heavy (non-hydrogen) atoms. The molecule has 0 spiro atoms. The van der Waals surface area contributed by atoms with Gasteiger partial charge in [0.25, 0.3) is 0 Å². The minimum atomic E-state index is -0.119. The first-order valence-electron chi connectivity index (χ1n) is 10.6. The van der Waals surface area contributed by atoms with Gasteiger partial charge in [0.2, 0.25) is 0 Å². The Bertz CT molecular complexity index is 406. The molecule has 7 atom stereocenters. The van der Waals surface area contributed by atoms with Crippen molar-refractivity contribution in [3.05, 3.63) is 0 Å². The Balaban J connectivity index is 1.55. The van der Waals surface area contributed by atoms with E-state index in [0.29, 0.717) is 29.4 Å². The molecule has 4 nitrogen and oxygen atoms in total. The van der Waals surface area contributed by atoms with Crippen LogP contribution < -0.4 is 10.6 Å². The van der Waals surface area contributed by atoms with Crippen LogP contribution in [0, 0.1) is 11.8 Å². The van der Waals surface area contributed by atoms with Gasteiger partial charge in [0, 0.05) is 30.0 Å². The van der Waals surface area contributed by atoms with Gasteiger partial charge in [-0.1, -0.05) is 13.8 Å².